The number of nitrogens with zero attached hydrogens (tertiary/aromatic N) is 2. The van der Waals surface area contributed by atoms with E-state index in [4.69, 9.17) is 0 Å². The summed E-state index contributed by atoms with van der Waals surface area (Å²) >= 11 is 0. The van der Waals surface area contributed by atoms with E-state index in [0.717, 1.165) is 17.9 Å². The van der Waals surface area contributed by atoms with Crippen LogP contribution in [0.3, 0.4) is 0 Å². The summed E-state index contributed by atoms with van der Waals surface area (Å²) in [4.78, 5) is 5.49. The van der Waals surface area contributed by atoms with Gasteiger partial charge >= 0.3 is 0 Å². The second kappa shape index (κ2) is 5.27. The summed E-state index contributed by atoms with van der Waals surface area (Å²) in [6.45, 7) is 9.17. The third-order valence-corrected chi connectivity index (χ3v) is 5.12. The van der Waals surface area contributed by atoms with Gasteiger partial charge in [0.05, 0.1) is 0 Å². The minimum Gasteiger partial charge on any atom is -0.301 e. The Hall–Kier alpha value is -0.0800. The van der Waals surface area contributed by atoms with Crippen molar-refractivity contribution in [2.75, 3.05) is 32.7 Å². The molecule has 0 radical (unpaired) electrons. The SMILES string of the molecule is CC1CCC(N2CCN(CC3CC3)CC2)CC1. The monoisotopic (exact) mass is 236 g/mol. The van der Waals surface area contributed by atoms with Gasteiger partial charge in [0.25, 0.3) is 0 Å². The third kappa shape index (κ3) is 3.23. The van der Waals surface area contributed by atoms with E-state index in [2.05, 4.69) is 16.7 Å². The maximum atomic E-state index is 2.79. The van der Waals surface area contributed by atoms with Gasteiger partial charge in [-0.25, -0.2) is 0 Å². The van der Waals surface area contributed by atoms with Crippen LogP contribution in [0.4, 0.5) is 0 Å². The average Bonchev–Trinajstić information content (AvgIpc) is 3.15. The molecule has 0 aromatic rings. The second-order valence-corrected chi connectivity index (χ2v) is 6.69. The van der Waals surface area contributed by atoms with Crippen molar-refractivity contribution in [2.45, 2.75) is 51.5 Å². The van der Waals surface area contributed by atoms with E-state index in [1.54, 1.807) is 0 Å². The first-order valence-corrected chi connectivity index (χ1v) is 7.77. The maximum absolute atomic E-state index is 2.79. The van der Waals surface area contributed by atoms with Crippen molar-refractivity contribution in [1.29, 1.82) is 0 Å². The Bertz CT molecular complexity index is 233. The molecule has 98 valence electrons. The molecule has 1 heterocycles. The van der Waals surface area contributed by atoms with Gasteiger partial charge in [0, 0.05) is 38.8 Å². The van der Waals surface area contributed by atoms with Crippen molar-refractivity contribution in [2.24, 2.45) is 11.8 Å². The van der Waals surface area contributed by atoms with Crippen LogP contribution >= 0.6 is 0 Å². The van der Waals surface area contributed by atoms with E-state index in [9.17, 15) is 0 Å². The summed E-state index contributed by atoms with van der Waals surface area (Å²) in [5, 5.41) is 0. The molecule has 0 N–H and O–H groups in total. The highest BCUT2D eigenvalue weighted by atomic mass is 15.3. The molecule has 1 saturated heterocycles. The number of piperazine rings is 1. The lowest BCUT2D eigenvalue weighted by atomic mass is 9.86. The summed E-state index contributed by atoms with van der Waals surface area (Å²) in [5.41, 5.74) is 0. The van der Waals surface area contributed by atoms with E-state index >= 15 is 0 Å². The predicted molar refractivity (Wildman–Crippen MR) is 72.2 cm³/mol. The fraction of sp³-hybridized carbons (Fsp3) is 1.00. The molecule has 17 heavy (non-hydrogen) atoms. The zero-order valence-corrected chi connectivity index (χ0v) is 11.4. The first-order chi connectivity index (χ1) is 8.31. The lowest BCUT2D eigenvalue weighted by Gasteiger charge is -2.41. The van der Waals surface area contributed by atoms with Gasteiger partial charge in [-0.1, -0.05) is 6.92 Å². The Balaban J connectivity index is 1.41. The van der Waals surface area contributed by atoms with Crippen molar-refractivity contribution < 1.29 is 0 Å². The molecule has 0 aromatic carbocycles. The molecular formula is C15H28N2. The zero-order chi connectivity index (χ0) is 11.7. The van der Waals surface area contributed by atoms with Gasteiger partial charge in [-0.15, -0.1) is 0 Å². The van der Waals surface area contributed by atoms with Crippen LogP contribution in [0.1, 0.15) is 45.4 Å². The fourth-order valence-corrected chi connectivity index (χ4v) is 3.58. The van der Waals surface area contributed by atoms with Crippen LogP contribution < -0.4 is 0 Å². The van der Waals surface area contributed by atoms with Gasteiger partial charge in [0.15, 0.2) is 0 Å². The van der Waals surface area contributed by atoms with Crippen LogP contribution in [0.15, 0.2) is 0 Å². The van der Waals surface area contributed by atoms with Gasteiger partial charge in [0.1, 0.15) is 0 Å². The Morgan fingerprint density at radius 3 is 2.06 bits per heavy atom. The Morgan fingerprint density at radius 2 is 1.47 bits per heavy atom. The van der Waals surface area contributed by atoms with Crippen LogP contribution in [0.25, 0.3) is 0 Å². The quantitative estimate of drug-likeness (QED) is 0.743. The lowest BCUT2D eigenvalue weighted by molar-refractivity contribution is 0.0701. The summed E-state index contributed by atoms with van der Waals surface area (Å²) in [6, 6.07) is 0.925. The van der Waals surface area contributed by atoms with Crippen molar-refractivity contribution in [3.05, 3.63) is 0 Å². The van der Waals surface area contributed by atoms with Crippen molar-refractivity contribution in [1.82, 2.24) is 9.80 Å². The normalized spacial score (nSPS) is 37.2. The molecule has 2 heteroatoms. The molecule has 0 spiro atoms. The Morgan fingerprint density at radius 1 is 0.824 bits per heavy atom. The van der Waals surface area contributed by atoms with Crippen LogP contribution in [0.2, 0.25) is 0 Å². The highest BCUT2D eigenvalue weighted by Crippen LogP contribution is 2.31. The third-order valence-electron chi connectivity index (χ3n) is 5.12. The molecule has 3 fully saturated rings. The maximum Gasteiger partial charge on any atom is 0.0113 e. The summed E-state index contributed by atoms with van der Waals surface area (Å²) in [6.07, 6.45) is 8.86. The van der Waals surface area contributed by atoms with Crippen LogP contribution in [-0.2, 0) is 0 Å². The highest BCUT2D eigenvalue weighted by Gasteiger charge is 2.29. The molecule has 2 nitrogen and oxygen atoms in total. The molecule has 0 atom stereocenters. The fourth-order valence-electron chi connectivity index (χ4n) is 3.58. The van der Waals surface area contributed by atoms with E-state index in [1.807, 2.05) is 0 Å². The molecule has 0 aromatic heterocycles. The standard InChI is InChI=1S/C15H28N2/c1-13-2-6-15(7-3-13)17-10-8-16(9-11-17)12-14-4-5-14/h13-15H,2-12H2,1H3. The van der Waals surface area contributed by atoms with Crippen LogP contribution in [-0.4, -0.2) is 48.6 Å². The predicted octanol–water partition coefficient (Wildman–Crippen LogP) is 2.59. The lowest BCUT2D eigenvalue weighted by Crippen LogP contribution is -2.51. The zero-order valence-electron chi connectivity index (χ0n) is 11.4. The van der Waals surface area contributed by atoms with Gasteiger partial charge < -0.3 is 4.90 Å². The van der Waals surface area contributed by atoms with Crippen molar-refractivity contribution in [3.8, 4) is 0 Å². The van der Waals surface area contributed by atoms with Gasteiger partial charge in [-0.05, 0) is 50.4 Å². The summed E-state index contributed by atoms with van der Waals surface area (Å²) < 4.78 is 0. The summed E-state index contributed by atoms with van der Waals surface area (Å²) in [7, 11) is 0. The van der Waals surface area contributed by atoms with E-state index in [-0.39, 0.29) is 0 Å². The molecule has 2 aliphatic carbocycles. The van der Waals surface area contributed by atoms with E-state index in [1.165, 1.54) is 71.2 Å². The Labute approximate surface area is 106 Å². The van der Waals surface area contributed by atoms with Crippen molar-refractivity contribution in [3.63, 3.8) is 0 Å². The second-order valence-electron chi connectivity index (χ2n) is 6.69. The first kappa shape index (κ1) is 12.0. The summed E-state index contributed by atoms with van der Waals surface area (Å²) in [5.74, 6) is 2.06. The van der Waals surface area contributed by atoms with E-state index in [0.29, 0.717) is 0 Å². The molecule has 0 bridgehead atoms. The molecule has 0 amide bonds. The van der Waals surface area contributed by atoms with Gasteiger partial charge in [-0.3, -0.25) is 4.90 Å². The topological polar surface area (TPSA) is 6.48 Å². The number of hydrogen-bond donors (Lipinski definition) is 0. The smallest absolute Gasteiger partial charge is 0.0113 e. The van der Waals surface area contributed by atoms with Crippen molar-refractivity contribution >= 4 is 0 Å². The largest absolute Gasteiger partial charge is 0.301 e. The first-order valence-electron chi connectivity index (χ1n) is 7.77. The molecule has 0 unspecified atom stereocenters. The average molecular weight is 236 g/mol. The van der Waals surface area contributed by atoms with Gasteiger partial charge in [0.2, 0.25) is 0 Å². The minimum atomic E-state index is 0.925. The van der Waals surface area contributed by atoms with Gasteiger partial charge in [-0.2, -0.15) is 0 Å². The minimum absolute atomic E-state index is 0.925. The van der Waals surface area contributed by atoms with Crippen LogP contribution in [0, 0.1) is 11.8 Å². The van der Waals surface area contributed by atoms with Crippen LogP contribution in [0.5, 0.6) is 0 Å². The molecule has 3 rings (SSSR count). The molecule has 1 aliphatic heterocycles. The molecule has 2 saturated carbocycles. The molecule has 3 aliphatic rings. The number of rotatable bonds is 3. The molecular weight excluding hydrogens is 208 g/mol. The number of hydrogen-bond acceptors (Lipinski definition) is 2. The van der Waals surface area contributed by atoms with E-state index < -0.39 is 0 Å². The highest BCUT2D eigenvalue weighted by molar-refractivity contribution is 4.84. The Kier molecular flexibility index (Phi) is 3.72.